The van der Waals surface area contributed by atoms with Crippen LogP contribution in [-0.4, -0.2) is 8.42 Å². The van der Waals surface area contributed by atoms with Crippen LogP contribution in [0.1, 0.15) is 5.56 Å². The van der Waals surface area contributed by atoms with E-state index in [1.54, 1.807) is 18.2 Å². The molecule has 99 valence electrons. The molecule has 0 fully saturated rings. The Morgan fingerprint density at radius 3 is 2.74 bits per heavy atom. The number of benzene rings is 2. The summed E-state index contributed by atoms with van der Waals surface area (Å²) in [7, 11) is -3.62. The molecule has 0 saturated heterocycles. The van der Waals surface area contributed by atoms with Gasteiger partial charge < -0.3 is 0 Å². The average Bonchev–Trinajstić information content (AvgIpc) is 2.41. The van der Waals surface area contributed by atoms with Crippen molar-refractivity contribution in [2.75, 3.05) is 0 Å². The summed E-state index contributed by atoms with van der Waals surface area (Å²) < 4.78 is 39.4. The van der Waals surface area contributed by atoms with Crippen molar-refractivity contribution in [3.63, 3.8) is 0 Å². The third-order valence-electron chi connectivity index (χ3n) is 2.44. The highest BCUT2D eigenvalue weighted by molar-refractivity contribution is 7.89. The van der Waals surface area contributed by atoms with E-state index in [9.17, 15) is 12.8 Å². The highest BCUT2D eigenvalue weighted by Crippen LogP contribution is 2.16. The van der Waals surface area contributed by atoms with Gasteiger partial charge >= 0.3 is 0 Å². The lowest BCUT2D eigenvalue weighted by Crippen LogP contribution is -2.23. The maximum atomic E-state index is 13.2. The average molecular weight is 299 g/mol. The molecule has 0 heterocycles. The Balaban J connectivity index is 2.12. The minimum atomic E-state index is -3.62. The summed E-state index contributed by atoms with van der Waals surface area (Å²) in [6.07, 6.45) is 0. The molecule has 0 unspecified atom stereocenters. The first kappa shape index (κ1) is 14.0. The maximum Gasteiger partial charge on any atom is 0.240 e. The third kappa shape index (κ3) is 3.53. The largest absolute Gasteiger partial charge is 0.240 e. The SMILES string of the molecule is O=S(=O)(NCc1ccc(Cl)c(F)c1)c1c[c]ccc1. The molecular weight excluding hydrogens is 289 g/mol. The second-order valence-corrected chi connectivity index (χ2v) is 5.99. The van der Waals surface area contributed by atoms with E-state index in [2.05, 4.69) is 10.8 Å². The van der Waals surface area contributed by atoms with Gasteiger partial charge in [0.2, 0.25) is 10.0 Å². The Labute approximate surface area is 116 Å². The highest BCUT2D eigenvalue weighted by atomic mass is 35.5. The summed E-state index contributed by atoms with van der Waals surface area (Å²) >= 11 is 5.55. The fourth-order valence-electron chi connectivity index (χ4n) is 1.46. The zero-order valence-electron chi connectivity index (χ0n) is 9.73. The lowest BCUT2D eigenvalue weighted by molar-refractivity contribution is 0.580. The Bertz CT molecular complexity index is 674. The van der Waals surface area contributed by atoms with Crippen LogP contribution < -0.4 is 4.72 Å². The zero-order valence-corrected chi connectivity index (χ0v) is 11.3. The van der Waals surface area contributed by atoms with Gasteiger partial charge in [-0.1, -0.05) is 29.8 Å². The van der Waals surface area contributed by atoms with Crippen molar-refractivity contribution in [1.29, 1.82) is 0 Å². The first-order valence-electron chi connectivity index (χ1n) is 5.39. The molecule has 2 aromatic carbocycles. The van der Waals surface area contributed by atoms with E-state index in [-0.39, 0.29) is 16.5 Å². The van der Waals surface area contributed by atoms with Gasteiger partial charge in [-0.25, -0.2) is 17.5 Å². The van der Waals surface area contributed by atoms with E-state index in [0.717, 1.165) is 0 Å². The number of hydrogen-bond donors (Lipinski definition) is 1. The monoisotopic (exact) mass is 298 g/mol. The van der Waals surface area contributed by atoms with Gasteiger partial charge in [-0.05, 0) is 35.9 Å². The van der Waals surface area contributed by atoms with Crippen molar-refractivity contribution >= 4 is 21.6 Å². The standard InChI is InChI=1S/C13H10ClFNO2S/c14-12-7-6-10(8-13(12)15)9-16-19(17,18)11-4-2-1-3-5-11/h1-2,4-8,16H,9H2. The lowest BCUT2D eigenvalue weighted by Gasteiger charge is -2.07. The van der Waals surface area contributed by atoms with E-state index in [0.29, 0.717) is 5.56 Å². The first-order chi connectivity index (χ1) is 8.99. The minimum Gasteiger partial charge on any atom is -0.207 e. The van der Waals surface area contributed by atoms with Crippen molar-refractivity contribution in [2.24, 2.45) is 0 Å². The normalized spacial score (nSPS) is 11.5. The second-order valence-electron chi connectivity index (χ2n) is 3.81. The summed E-state index contributed by atoms with van der Waals surface area (Å²) in [6.45, 7) is -0.00861. The van der Waals surface area contributed by atoms with Gasteiger partial charge in [0.1, 0.15) is 5.82 Å². The van der Waals surface area contributed by atoms with Gasteiger partial charge in [-0.2, -0.15) is 0 Å². The topological polar surface area (TPSA) is 46.2 Å². The van der Waals surface area contributed by atoms with Gasteiger partial charge in [0, 0.05) is 6.54 Å². The maximum absolute atomic E-state index is 13.2. The summed E-state index contributed by atoms with van der Waals surface area (Å²) in [4.78, 5) is 0.115. The molecule has 0 amide bonds. The quantitative estimate of drug-likeness (QED) is 0.943. The molecule has 1 radical (unpaired) electrons. The molecule has 0 saturated carbocycles. The van der Waals surface area contributed by atoms with Crippen LogP contribution in [0.25, 0.3) is 0 Å². The Hall–Kier alpha value is -1.43. The van der Waals surface area contributed by atoms with Crippen LogP contribution in [-0.2, 0) is 16.6 Å². The molecule has 0 aromatic heterocycles. The molecule has 6 heteroatoms. The van der Waals surface area contributed by atoms with Crippen LogP contribution in [0.2, 0.25) is 5.02 Å². The summed E-state index contributed by atoms with van der Waals surface area (Å²) in [6, 6.07) is 12.8. The Morgan fingerprint density at radius 2 is 2.11 bits per heavy atom. The van der Waals surface area contributed by atoms with Crippen molar-refractivity contribution in [1.82, 2.24) is 4.72 Å². The van der Waals surface area contributed by atoms with Gasteiger partial charge in [0.15, 0.2) is 0 Å². The molecule has 2 rings (SSSR count). The Morgan fingerprint density at radius 1 is 1.32 bits per heavy atom. The van der Waals surface area contributed by atoms with E-state index in [1.807, 2.05) is 0 Å². The van der Waals surface area contributed by atoms with E-state index < -0.39 is 15.8 Å². The van der Waals surface area contributed by atoms with Gasteiger partial charge in [-0.15, -0.1) is 0 Å². The molecule has 0 aliphatic rings. The third-order valence-corrected chi connectivity index (χ3v) is 4.14. The van der Waals surface area contributed by atoms with Crippen molar-refractivity contribution < 1.29 is 12.8 Å². The van der Waals surface area contributed by atoms with Gasteiger partial charge in [-0.3, -0.25) is 0 Å². The van der Waals surface area contributed by atoms with Crippen LogP contribution in [0.3, 0.4) is 0 Å². The van der Waals surface area contributed by atoms with Gasteiger partial charge in [0.25, 0.3) is 0 Å². The van der Waals surface area contributed by atoms with Crippen LogP contribution in [0.15, 0.2) is 47.4 Å². The molecule has 0 atom stereocenters. The van der Waals surface area contributed by atoms with Crippen molar-refractivity contribution in [3.05, 3.63) is 64.9 Å². The fraction of sp³-hybridized carbons (Fsp3) is 0.0769. The summed E-state index contributed by atoms with van der Waals surface area (Å²) in [5.41, 5.74) is 0.491. The van der Waals surface area contributed by atoms with Crippen LogP contribution in [0, 0.1) is 11.9 Å². The molecule has 1 N–H and O–H groups in total. The Kier molecular flexibility index (Phi) is 4.19. The minimum absolute atomic E-state index is 0.00395. The van der Waals surface area contributed by atoms with Crippen LogP contribution in [0.5, 0.6) is 0 Å². The molecule has 0 aliphatic carbocycles. The van der Waals surface area contributed by atoms with E-state index >= 15 is 0 Å². The summed E-state index contributed by atoms with van der Waals surface area (Å²) in [5.74, 6) is -0.577. The predicted octanol–water partition coefficient (Wildman–Crippen LogP) is 2.76. The molecular formula is C13H10ClFNO2S. The van der Waals surface area contributed by atoms with E-state index in [1.165, 1.54) is 24.3 Å². The molecule has 0 aliphatic heterocycles. The number of hydrogen-bond acceptors (Lipinski definition) is 2. The van der Waals surface area contributed by atoms with Crippen molar-refractivity contribution in [3.8, 4) is 0 Å². The predicted molar refractivity (Wildman–Crippen MR) is 70.7 cm³/mol. The van der Waals surface area contributed by atoms with Crippen molar-refractivity contribution in [2.45, 2.75) is 11.4 Å². The zero-order chi connectivity index (χ0) is 13.9. The number of halogens is 2. The lowest BCUT2D eigenvalue weighted by atomic mass is 10.2. The van der Waals surface area contributed by atoms with Crippen LogP contribution >= 0.6 is 11.6 Å². The number of nitrogens with one attached hydrogen (secondary N) is 1. The highest BCUT2D eigenvalue weighted by Gasteiger charge is 2.13. The molecule has 0 bridgehead atoms. The molecule has 0 spiro atoms. The number of sulfonamides is 1. The van der Waals surface area contributed by atoms with Crippen LogP contribution in [0.4, 0.5) is 4.39 Å². The number of rotatable bonds is 4. The fourth-order valence-corrected chi connectivity index (χ4v) is 2.58. The first-order valence-corrected chi connectivity index (χ1v) is 7.25. The molecule has 19 heavy (non-hydrogen) atoms. The van der Waals surface area contributed by atoms with Gasteiger partial charge in [0.05, 0.1) is 9.92 Å². The smallest absolute Gasteiger partial charge is 0.207 e. The second kappa shape index (κ2) is 5.69. The molecule has 2 aromatic rings. The molecule has 3 nitrogen and oxygen atoms in total. The summed E-state index contributed by atoms with van der Waals surface area (Å²) in [5, 5.41) is 0.00395. The van der Waals surface area contributed by atoms with E-state index in [4.69, 9.17) is 11.6 Å².